The summed E-state index contributed by atoms with van der Waals surface area (Å²) >= 11 is 0. The average Bonchev–Trinajstić information content (AvgIpc) is 3.09. The van der Waals surface area contributed by atoms with Gasteiger partial charge in [-0.25, -0.2) is 4.98 Å². The first-order valence-corrected chi connectivity index (χ1v) is 15.4. The molecule has 2 heterocycles. The van der Waals surface area contributed by atoms with Crippen molar-refractivity contribution < 1.29 is 36.9 Å². The van der Waals surface area contributed by atoms with E-state index < -0.39 is 11.7 Å². The number of fused-ring (bicyclic) bond motifs is 1. The third-order valence-corrected chi connectivity index (χ3v) is 8.12. The summed E-state index contributed by atoms with van der Waals surface area (Å²) in [7, 11) is 6.19. The van der Waals surface area contributed by atoms with E-state index in [4.69, 9.17) is 28.9 Å². The van der Waals surface area contributed by atoms with Gasteiger partial charge in [0.05, 0.1) is 45.9 Å². The standard InChI is InChI=1S/C34H39F3N6O5/c1-45-27-9-8-22(17-28(27)46-2)18-31(44)38-10-11-42-12-14-43(15-13-42)33-40-26-20-30(48-4)29(47-3)19-25(26)32(41-33)39-21-23-6-5-7-24(16-23)34(35,36)37/h5-9,16-17,19-20H,10-15,18,21H2,1-4H3,(H,38,44)(H,39,40,41). The van der Waals surface area contributed by atoms with E-state index in [1.165, 1.54) is 20.3 Å². The van der Waals surface area contributed by atoms with Gasteiger partial charge in [0.1, 0.15) is 5.82 Å². The van der Waals surface area contributed by atoms with Crippen LogP contribution in [-0.4, -0.2) is 88.5 Å². The maximum Gasteiger partial charge on any atom is 0.416 e. The van der Waals surface area contributed by atoms with Crippen molar-refractivity contribution in [2.75, 3.05) is 77.9 Å². The van der Waals surface area contributed by atoms with Crippen molar-refractivity contribution in [2.45, 2.75) is 19.1 Å². The van der Waals surface area contributed by atoms with Crippen LogP contribution in [0.5, 0.6) is 23.0 Å². The number of alkyl halides is 3. The highest BCUT2D eigenvalue weighted by atomic mass is 19.4. The molecule has 0 atom stereocenters. The van der Waals surface area contributed by atoms with Gasteiger partial charge in [-0.15, -0.1) is 0 Å². The van der Waals surface area contributed by atoms with Crippen molar-refractivity contribution >= 4 is 28.6 Å². The van der Waals surface area contributed by atoms with Crippen LogP contribution in [0.25, 0.3) is 10.9 Å². The minimum absolute atomic E-state index is 0.0809. The Kier molecular flexibility index (Phi) is 10.9. The first kappa shape index (κ1) is 34.4. The summed E-state index contributed by atoms with van der Waals surface area (Å²) in [5, 5.41) is 6.86. The van der Waals surface area contributed by atoms with Gasteiger partial charge < -0.3 is 34.5 Å². The van der Waals surface area contributed by atoms with Crippen LogP contribution in [0.4, 0.5) is 24.9 Å². The van der Waals surface area contributed by atoms with Crippen molar-refractivity contribution in [2.24, 2.45) is 0 Å². The molecule has 1 fully saturated rings. The van der Waals surface area contributed by atoms with Crippen LogP contribution < -0.4 is 34.5 Å². The normalized spacial score (nSPS) is 13.7. The molecule has 1 aromatic heterocycles. The molecule has 48 heavy (non-hydrogen) atoms. The summed E-state index contributed by atoms with van der Waals surface area (Å²) in [5.41, 5.74) is 1.18. The predicted molar refractivity (Wildman–Crippen MR) is 176 cm³/mol. The van der Waals surface area contributed by atoms with E-state index >= 15 is 0 Å². The smallest absolute Gasteiger partial charge is 0.416 e. The summed E-state index contributed by atoms with van der Waals surface area (Å²) in [6.07, 6.45) is -4.21. The van der Waals surface area contributed by atoms with Gasteiger partial charge in [0.25, 0.3) is 0 Å². The maximum absolute atomic E-state index is 13.3. The fraction of sp³-hybridized carbons (Fsp3) is 0.382. The summed E-state index contributed by atoms with van der Waals surface area (Å²) in [6, 6.07) is 14.1. The summed E-state index contributed by atoms with van der Waals surface area (Å²) in [6.45, 7) is 4.05. The Balaban J connectivity index is 1.23. The number of rotatable bonds is 13. The van der Waals surface area contributed by atoms with E-state index in [-0.39, 0.29) is 18.9 Å². The van der Waals surface area contributed by atoms with E-state index in [2.05, 4.69) is 20.4 Å². The van der Waals surface area contributed by atoms with E-state index in [1.54, 1.807) is 44.6 Å². The van der Waals surface area contributed by atoms with Crippen LogP contribution in [0.1, 0.15) is 16.7 Å². The average molecular weight is 669 g/mol. The first-order valence-electron chi connectivity index (χ1n) is 15.4. The van der Waals surface area contributed by atoms with Crippen molar-refractivity contribution in [3.63, 3.8) is 0 Å². The zero-order chi connectivity index (χ0) is 34.3. The van der Waals surface area contributed by atoms with Crippen LogP contribution in [0.3, 0.4) is 0 Å². The first-order chi connectivity index (χ1) is 23.1. The van der Waals surface area contributed by atoms with Crippen LogP contribution in [0, 0.1) is 0 Å². The van der Waals surface area contributed by atoms with E-state index in [9.17, 15) is 18.0 Å². The van der Waals surface area contributed by atoms with Gasteiger partial charge in [-0.3, -0.25) is 9.69 Å². The van der Waals surface area contributed by atoms with Gasteiger partial charge >= 0.3 is 6.18 Å². The van der Waals surface area contributed by atoms with Crippen LogP contribution in [0.2, 0.25) is 0 Å². The lowest BCUT2D eigenvalue weighted by molar-refractivity contribution is -0.137. The lowest BCUT2D eigenvalue weighted by Gasteiger charge is -2.35. The van der Waals surface area contributed by atoms with Gasteiger partial charge in [0.2, 0.25) is 11.9 Å². The molecule has 0 spiro atoms. The van der Waals surface area contributed by atoms with Crippen molar-refractivity contribution in [1.29, 1.82) is 0 Å². The Morgan fingerprint density at radius 1 is 0.812 bits per heavy atom. The molecule has 0 unspecified atom stereocenters. The second-order valence-corrected chi connectivity index (χ2v) is 11.2. The molecule has 1 aliphatic heterocycles. The summed E-state index contributed by atoms with van der Waals surface area (Å²) in [4.78, 5) is 26.5. The highest BCUT2D eigenvalue weighted by molar-refractivity contribution is 5.92. The number of carbonyl (C=O) groups excluding carboxylic acids is 1. The lowest BCUT2D eigenvalue weighted by atomic mass is 10.1. The number of halogens is 3. The number of anilines is 2. The highest BCUT2D eigenvalue weighted by Crippen LogP contribution is 2.36. The van der Waals surface area contributed by atoms with Crippen molar-refractivity contribution in [1.82, 2.24) is 20.2 Å². The van der Waals surface area contributed by atoms with Crippen LogP contribution in [-0.2, 0) is 23.9 Å². The molecule has 4 aromatic rings. The lowest BCUT2D eigenvalue weighted by Crippen LogP contribution is -2.49. The number of carbonyl (C=O) groups is 1. The molecule has 1 saturated heterocycles. The third kappa shape index (κ3) is 8.29. The molecule has 0 radical (unpaired) electrons. The zero-order valence-electron chi connectivity index (χ0n) is 27.3. The van der Waals surface area contributed by atoms with Gasteiger partial charge in [0, 0.05) is 57.3 Å². The van der Waals surface area contributed by atoms with Gasteiger partial charge in [-0.2, -0.15) is 18.2 Å². The van der Waals surface area contributed by atoms with E-state index in [0.717, 1.165) is 30.8 Å². The molecule has 11 nitrogen and oxygen atoms in total. The number of nitrogens with one attached hydrogen (secondary N) is 2. The van der Waals surface area contributed by atoms with Crippen molar-refractivity contribution in [3.05, 3.63) is 71.3 Å². The topological polar surface area (TPSA) is 110 Å². The monoisotopic (exact) mass is 668 g/mol. The number of aromatic nitrogens is 2. The number of methoxy groups -OCH3 is 4. The number of benzene rings is 3. The fourth-order valence-electron chi connectivity index (χ4n) is 5.53. The minimum atomic E-state index is -4.44. The molecule has 0 aliphatic carbocycles. The largest absolute Gasteiger partial charge is 0.493 e. The van der Waals surface area contributed by atoms with E-state index in [0.29, 0.717) is 77.4 Å². The Morgan fingerprint density at radius 3 is 2.19 bits per heavy atom. The summed E-state index contributed by atoms with van der Waals surface area (Å²) in [5.74, 6) is 3.04. The number of ether oxygens (including phenoxy) is 4. The molecular weight excluding hydrogens is 629 g/mol. The molecular formula is C34H39F3N6O5. The molecule has 0 bridgehead atoms. The maximum atomic E-state index is 13.3. The number of amides is 1. The molecule has 1 aliphatic rings. The Hall–Kier alpha value is -4.98. The molecule has 3 aromatic carbocycles. The summed E-state index contributed by atoms with van der Waals surface area (Å²) < 4.78 is 61.5. The van der Waals surface area contributed by atoms with Crippen LogP contribution >= 0.6 is 0 Å². The fourth-order valence-corrected chi connectivity index (χ4v) is 5.53. The Morgan fingerprint density at radius 2 is 1.50 bits per heavy atom. The SMILES string of the molecule is COc1ccc(CC(=O)NCCN2CCN(c3nc(NCc4cccc(C(F)(F)F)c4)c4cc(OC)c(OC)cc4n3)CC2)cc1OC. The molecule has 5 rings (SSSR count). The Labute approximate surface area is 277 Å². The third-order valence-electron chi connectivity index (χ3n) is 8.12. The second kappa shape index (κ2) is 15.3. The Bertz CT molecular complexity index is 1730. The highest BCUT2D eigenvalue weighted by Gasteiger charge is 2.30. The molecule has 1 amide bonds. The van der Waals surface area contributed by atoms with E-state index in [1.807, 2.05) is 6.07 Å². The minimum Gasteiger partial charge on any atom is -0.493 e. The number of hydrogen-bond donors (Lipinski definition) is 2. The van der Waals surface area contributed by atoms with Gasteiger partial charge in [-0.05, 0) is 41.5 Å². The molecule has 2 N–H and O–H groups in total. The number of piperazine rings is 1. The van der Waals surface area contributed by atoms with Gasteiger partial charge in [0.15, 0.2) is 23.0 Å². The van der Waals surface area contributed by atoms with Gasteiger partial charge in [-0.1, -0.05) is 18.2 Å². The molecule has 256 valence electrons. The quantitative estimate of drug-likeness (QED) is 0.207. The number of nitrogens with zero attached hydrogens (tertiary/aromatic N) is 4. The number of hydrogen-bond acceptors (Lipinski definition) is 10. The molecule has 0 saturated carbocycles. The molecule has 14 heteroatoms. The predicted octanol–water partition coefficient (Wildman–Crippen LogP) is 4.78. The zero-order valence-corrected chi connectivity index (χ0v) is 27.3. The van der Waals surface area contributed by atoms with Crippen LogP contribution in [0.15, 0.2) is 54.6 Å². The van der Waals surface area contributed by atoms with Crippen molar-refractivity contribution in [3.8, 4) is 23.0 Å². The second-order valence-electron chi connectivity index (χ2n) is 11.2.